The number of anilines is 1. The van der Waals surface area contributed by atoms with Crippen molar-refractivity contribution in [3.63, 3.8) is 0 Å². The first-order chi connectivity index (χ1) is 18.4. The van der Waals surface area contributed by atoms with Crippen LogP contribution < -0.4 is 4.90 Å². The Morgan fingerprint density at radius 2 is 1.68 bits per heavy atom. The second-order valence-corrected chi connectivity index (χ2v) is 12.0. The van der Waals surface area contributed by atoms with Crippen molar-refractivity contribution < 1.29 is 9.50 Å². The second-order valence-electron chi connectivity index (χ2n) is 11.6. The Labute approximate surface area is 227 Å². The first kappa shape index (κ1) is 24.1. The van der Waals surface area contributed by atoms with Crippen LogP contribution in [0.25, 0.3) is 32.8 Å². The Morgan fingerprint density at radius 1 is 0.947 bits per heavy atom. The van der Waals surface area contributed by atoms with Crippen molar-refractivity contribution in [1.82, 2.24) is 14.9 Å². The summed E-state index contributed by atoms with van der Waals surface area (Å²) in [4.78, 5) is 14.8. The first-order valence-corrected chi connectivity index (χ1v) is 14.2. The van der Waals surface area contributed by atoms with Crippen molar-refractivity contribution in [2.45, 2.75) is 38.0 Å². The summed E-state index contributed by atoms with van der Waals surface area (Å²) in [5.74, 6) is 2.75. The topological polar surface area (TPSA) is 52.5 Å². The van der Waals surface area contributed by atoms with E-state index in [1.165, 1.54) is 19.3 Å². The standard InChI is InChI=1S/C31H32ClFN4O/c1-36-10-8-20(9-11-36)30-34-29-25(31(35-30)37-16-18-6-7-19(12-18)17-37)15-26(32)27(28(29)33)24-14-22(38)13-21-4-2-3-5-23(21)24/h2-5,13-15,18-20,38H,6-12,16-17H2,1H3. The van der Waals surface area contributed by atoms with Gasteiger partial charge in [-0.1, -0.05) is 35.9 Å². The molecule has 2 saturated heterocycles. The lowest BCUT2D eigenvalue weighted by Gasteiger charge is -2.34. The zero-order valence-corrected chi connectivity index (χ0v) is 22.4. The molecule has 1 aliphatic carbocycles. The molecule has 3 heterocycles. The fourth-order valence-corrected chi connectivity index (χ4v) is 7.31. The number of fused-ring (bicyclic) bond motifs is 4. The largest absolute Gasteiger partial charge is 0.508 e. The SMILES string of the molecule is CN1CCC(c2nc(N3CC4CCC(C4)C3)c3cc(Cl)c(-c4cc(O)cc5ccccc45)c(F)c3n2)CC1. The highest BCUT2D eigenvalue weighted by Gasteiger charge is 2.35. The molecule has 0 amide bonds. The van der Waals surface area contributed by atoms with Gasteiger partial charge in [-0.25, -0.2) is 14.4 Å². The minimum atomic E-state index is -0.443. The Balaban J connectivity index is 1.45. The molecule has 1 N–H and O–H groups in total. The van der Waals surface area contributed by atoms with E-state index in [-0.39, 0.29) is 17.2 Å². The van der Waals surface area contributed by atoms with E-state index in [1.54, 1.807) is 12.1 Å². The van der Waals surface area contributed by atoms with Crippen molar-refractivity contribution in [2.24, 2.45) is 11.8 Å². The molecular formula is C31H32ClFN4O. The van der Waals surface area contributed by atoms with E-state index in [9.17, 15) is 5.11 Å². The molecule has 38 heavy (non-hydrogen) atoms. The Kier molecular flexibility index (Phi) is 5.93. The Hall–Kier alpha value is -2.96. The molecule has 196 valence electrons. The number of aromatic nitrogens is 2. The van der Waals surface area contributed by atoms with Gasteiger partial charge in [0.05, 0.1) is 5.02 Å². The van der Waals surface area contributed by atoms with Crippen molar-refractivity contribution in [3.05, 3.63) is 59.1 Å². The van der Waals surface area contributed by atoms with E-state index in [2.05, 4.69) is 16.8 Å². The van der Waals surface area contributed by atoms with Crippen molar-refractivity contribution >= 4 is 39.1 Å². The second kappa shape index (κ2) is 9.35. The van der Waals surface area contributed by atoms with Gasteiger partial charge in [0, 0.05) is 30.0 Å². The van der Waals surface area contributed by atoms with Gasteiger partial charge in [0.25, 0.3) is 0 Å². The molecule has 0 radical (unpaired) electrons. The number of aromatic hydroxyl groups is 1. The summed E-state index contributed by atoms with van der Waals surface area (Å²) < 4.78 is 16.7. The fraction of sp³-hybridized carbons (Fsp3) is 0.419. The zero-order chi connectivity index (χ0) is 26.0. The Morgan fingerprint density at radius 3 is 2.45 bits per heavy atom. The number of phenols is 1. The Bertz CT molecular complexity index is 1540. The van der Waals surface area contributed by atoms with Crippen LogP contribution >= 0.6 is 11.6 Å². The predicted octanol–water partition coefficient (Wildman–Crippen LogP) is 6.99. The van der Waals surface area contributed by atoms with Crippen molar-refractivity contribution in [1.29, 1.82) is 0 Å². The summed E-state index contributed by atoms with van der Waals surface area (Å²) in [5, 5.41) is 13.1. The molecule has 2 atom stereocenters. The summed E-state index contributed by atoms with van der Waals surface area (Å²) in [6.07, 6.45) is 5.73. The smallest absolute Gasteiger partial charge is 0.158 e. The number of hydrogen-bond acceptors (Lipinski definition) is 5. The predicted molar refractivity (Wildman–Crippen MR) is 152 cm³/mol. The van der Waals surface area contributed by atoms with Crippen molar-refractivity contribution in [3.8, 4) is 16.9 Å². The molecule has 3 aromatic carbocycles. The van der Waals surface area contributed by atoms with Crippen LogP contribution in [0, 0.1) is 17.7 Å². The number of rotatable bonds is 3. The van der Waals surface area contributed by atoms with Gasteiger partial charge in [0.1, 0.15) is 22.9 Å². The van der Waals surface area contributed by atoms with Gasteiger partial charge in [-0.05, 0) is 98.6 Å². The average molecular weight is 531 g/mol. The minimum Gasteiger partial charge on any atom is -0.508 e. The van der Waals surface area contributed by atoms with Crippen LogP contribution in [-0.2, 0) is 0 Å². The number of halogens is 2. The molecule has 7 rings (SSSR count). The maximum absolute atomic E-state index is 16.7. The summed E-state index contributed by atoms with van der Waals surface area (Å²) in [6, 6.07) is 12.8. The number of likely N-dealkylation sites (tertiary alicyclic amines) is 1. The molecule has 3 fully saturated rings. The number of piperidine rings is 2. The van der Waals surface area contributed by atoms with E-state index in [0.717, 1.165) is 61.4 Å². The molecule has 2 unspecified atom stereocenters. The van der Waals surface area contributed by atoms with Crippen LogP contribution in [0.2, 0.25) is 5.02 Å². The van der Waals surface area contributed by atoms with Crippen LogP contribution in [0.5, 0.6) is 5.75 Å². The van der Waals surface area contributed by atoms with Gasteiger partial charge in [-0.15, -0.1) is 0 Å². The van der Waals surface area contributed by atoms with Gasteiger partial charge in [-0.2, -0.15) is 0 Å². The third kappa shape index (κ3) is 4.09. The maximum atomic E-state index is 16.7. The number of nitrogens with zero attached hydrogens (tertiary/aromatic N) is 4. The van der Waals surface area contributed by atoms with E-state index >= 15 is 4.39 Å². The van der Waals surface area contributed by atoms with Gasteiger partial charge < -0.3 is 14.9 Å². The van der Waals surface area contributed by atoms with Gasteiger partial charge in [0.2, 0.25) is 0 Å². The highest BCUT2D eigenvalue weighted by Crippen LogP contribution is 2.44. The third-order valence-corrected chi connectivity index (χ3v) is 9.28. The summed E-state index contributed by atoms with van der Waals surface area (Å²) in [5.41, 5.74) is 1.18. The summed E-state index contributed by atoms with van der Waals surface area (Å²) in [6.45, 7) is 3.87. The number of benzene rings is 3. The quantitative estimate of drug-likeness (QED) is 0.309. The lowest BCUT2D eigenvalue weighted by atomic mass is 9.94. The van der Waals surface area contributed by atoms with Crippen LogP contribution in [0.4, 0.5) is 10.2 Å². The number of hydrogen-bond donors (Lipinski definition) is 1. The average Bonchev–Trinajstić information content (AvgIpc) is 3.25. The summed E-state index contributed by atoms with van der Waals surface area (Å²) >= 11 is 6.88. The zero-order valence-electron chi connectivity index (χ0n) is 21.6. The molecule has 5 nitrogen and oxygen atoms in total. The normalized spacial score (nSPS) is 22.6. The molecule has 1 saturated carbocycles. The molecule has 2 aliphatic heterocycles. The minimum absolute atomic E-state index is 0.0773. The maximum Gasteiger partial charge on any atom is 0.158 e. The highest BCUT2D eigenvalue weighted by atomic mass is 35.5. The molecule has 0 spiro atoms. The van der Waals surface area contributed by atoms with Crippen LogP contribution in [0.1, 0.15) is 43.8 Å². The lowest BCUT2D eigenvalue weighted by molar-refractivity contribution is 0.251. The monoisotopic (exact) mass is 530 g/mol. The van der Waals surface area contributed by atoms with E-state index in [4.69, 9.17) is 21.6 Å². The highest BCUT2D eigenvalue weighted by molar-refractivity contribution is 6.35. The third-order valence-electron chi connectivity index (χ3n) is 8.99. The van der Waals surface area contributed by atoms with Crippen molar-refractivity contribution in [2.75, 3.05) is 38.1 Å². The lowest BCUT2D eigenvalue weighted by Crippen LogP contribution is -2.37. The van der Waals surface area contributed by atoms with Gasteiger partial charge in [-0.3, -0.25) is 0 Å². The van der Waals surface area contributed by atoms with Gasteiger partial charge in [0.15, 0.2) is 5.82 Å². The van der Waals surface area contributed by atoms with Gasteiger partial charge >= 0.3 is 0 Å². The number of phenolic OH excluding ortho intramolecular Hbond substituents is 1. The first-order valence-electron chi connectivity index (χ1n) is 13.8. The van der Waals surface area contributed by atoms with Crippen LogP contribution in [-0.4, -0.2) is 53.2 Å². The molecule has 1 aromatic heterocycles. The molecule has 3 aliphatic rings. The van der Waals surface area contributed by atoms with E-state index in [1.807, 2.05) is 30.3 Å². The molecule has 7 heteroatoms. The van der Waals surface area contributed by atoms with Crippen LogP contribution in [0.15, 0.2) is 42.5 Å². The van der Waals surface area contributed by atoms with E-state index in [0.29, 0.717) is 33.3 Å². The fourth-order valence-electron chi connectivity index (χ4n) is 7.02. The van der Waals surface area contributed by atoms with Crippen LogP contribution in [0.3, 0.4) is 0 Å². The molecule has 2 bridgehead atoms. The van der Waals surface area contributed by atoms with E-state index < -0.39 is 5.82 Å². The molecular weight excluding hydrogens is 499 g/mol. The summed E-state index contributed by atoms with van der Waals surface area (Å²) in [7, 11) is 2.14. The molecule has 4 aromatic rings.